The number of nitrogens with zero attached hydrogens (tertiary/aromatic N) is 3. The van der Waals surface area contributed by atoms with Crippen LogP contribution >= 0.6 is 22.9 Å². The molecule has 0 N–H and O–H groups in total. The molecule has 152 valence electrons. The normalized spacial score (nSPS) is 14.3. The molecular formula is C21H22ClN3O3S. The third-order valence-corrected chi connectivity index (χ3v) is 6.49. The van der Waals surface area contributed by atoms with Crippen LogP contribution in [-0.4, -0.2) is 55.7 Å². The van der Waals surface area contributed by atoms with Gasteiger partial charge < -0.3 is 19.3 Å². The first-order chi connectivity index (χ1) is 14.1. The SMILES string of the molecule is CCOc1ccc(C(=O)N2CCN(c3nc4c(OC)ccc(Cl)c4s3)CC2)cc1. The van der Waals surface area contributed by atoms with Crippen LogP contribution in [0.3, 0.4) is 0 Å². The maximum atomic E-state index is 12.8. The van der Waals surface area contributed by atoms with Gasteiger partial charge >= 0.3 is 0 Å². The van der Waals surface area contributed by atoms with Gasteiger partial charge in [0, 0.05) is 31.7 Å². The van der Waals surface area contributed by atoms with Crippen molar-refractivity contribution in [2.24, 2.45) is 0 Å². The molecule has 1 saturated heterocycles. The molecule has 3 aromatic rings. The fourth-order valence-corrected chi connectivity index (χ4v) is 4.69. The second-order valence-electron chi connectivity index (χ2n) is 6.66. The van der Waals surface area contributed by atoms with E-state index < -0.39 is 0 Å². The zero-order valence-corrected chi connectivity index (χ0v) is 17.9. The molecule has 0 saturated carbocycles. The van der Waals surface area contributed by atoms with Crippen molar-refractivity contribution in [3.8, 4) is 11.5 Å². The molecule has 0 atom stereocenters. The maximum Gasteiger partial charge on any atom is 0.253 e. The van der Waals surface area contributed by atoms with Crippen LogP contribution in [-0.2, 0) is 0 Å². The number of thiazole rings is 1. The van der Waals surface area contributed by atoms with E-state index in [1.807, 2.05) is 48.2 Å². The fraction of sp³-hybridized carbons (Fsp3) is 0.333. The number of benzene rings is 2. The van der Waals surface area contributed by atoms with E-state index in [4.69, 9.17) is 26.1 Å². The van der Waals surface area contributed by atoms with Gasteiger partial charge in [0.2, 0.25) is 0 Å². The third kappa shape index (κ3) is 3.97. The number of piperazine rings is 1. The smallest absolute Gasteiger partial charge is 0.253 e. The molecule has 0 unspecified atom stereocenters. The number of amides is 1. The highest BCUT2D eigenvalue weighted by Crippen LogP contribution is 2.38. The first-order valence-corrected chi connectivity index (χ1v) is 10.7. The van der Waals surface area contributed by atoms with E-state index >= 15 is 0 Å². The van der Waals surface area contributed by atoms with Crippen molar-refractivity contribution in [3.63, 3.8) is 0 Å². The van der Waals surface area contributed by atoms with Crippen LogP contribution in [0.2, 0.25) is 5.02 Å². The molecule has 8 heteroatoms. The van der Waals surface area contributed by atoms with E-state index in [0.717, 1.165) is 39.9 Å². The van der Waals surface area contributed by atoms with E-state index in [1.54, 1.807) is 18.4 Å². The van der Waals surface area contributed by atoms with Crippen molar-refractivity contribution < 1.29 is 14.3 Å². The predicted molar refractivity (Wildman–Crippen MR) is 117 cm³/mol. The van der Waals surface area contributed by atoms with Gasteiger partial charge in [-0.1, -0.05) is 22.9 Å². The molecular weight excluding hydrogens is 410 g/mol. The van der Waals surface area contributed by atoms with E-state index in [2.05, 4.69) is 4.90 Å². The summed E-state index contributed by atoms with van der Waals surface area (Å²) in [7, 11) is 1.63. The number of fused-ring (bicyclic) bond motifs is 1. The lowest BCUT2D eigenvalue weighted by Crippen LogP contribution is -2.48. The summed E-state index contributed by atoms with van der Waals surface area (Å²) in [6.07, 6.45) is 0. The van der Waals surface area contributed by atoms with Gasteiger partial charge in [0.25, 0.3) is 5.91 Å². The zero-order valence-electron chi connectivity index (χ0n) is 16.4. The minimum Gasteiger partial charge on any atom is -0.494 e. The lowest BCUT2D eigenvalue weighted by molar-refractivity contribution is 0.0746. The fourth-order valence-electron chi connectivity index (χ4n) is 3.38. The standard InChI is InChI=1S/C21H22ClN3O3S/c1-3-28-15-6-4-14(5-7-15)20(26)24-10-12-25(13-11-24)21-23-18-17(27-2)9-8-16(22)19(18)29-21/h4-9H,3,10-13H2,1-2H3. The van der Waals surface area contributed by atoms with E-state index in [0.29, 0.717) is 30.3 Å². The summed E-state index contributed by atoms with van der Waals surface area (Å²) in [6, 6.07) is 11.0. The summed E-state index contributed by atoms with van der Waals surface area (Å²) in [5.74, 6) is 1.54. The molecule has 29 heavy (non-hydrogen) atoms. The van der Waals surface area contributed by atoms with Crippen molar-refractivity contribution >= 4 is 44.2 Å². The number of rotatable bonds is 5. The Morgan fingerprint density at radius 2 is 1.86 bits per heavy atom. The minimum absolute atomic E-state index is 0.0433. The van der Waals surface area contributed by atoms with Crippen LogP contribution in [0.25, 0.3) is 10.2 Å². The van der Waals surface area contributed by atoms with Crippen LogP contribution < -0.4 is 14.4 Å². The minimum atomic E-state index is 0.0433. The number of halogens is 1. The number of methoxy groups -OCH3 is 1. The Kier molecular flexibility index (Phi) is 5.78. The van der Waals surface area contributed by atoms with Crippen LogP contribution in [0.15, 0.2) is 36.4 Å². The van der Waals surface area contributed by atoms with Gasteiger partial charge in [-0.05, 0) is 43.3 Å². The summed E-state index contributed by atoms with van der Waals surface area (Å²) in [5.41, 5.74) is 1.46. The summed E-state index contributed by atoms with van der Waals surface area (Å²) in [5, 5.41) is 1.58. The maximum absolute atomic E-state index is 12.8. The van der Waals surface area contributed by atoms with E-state index in [9.17, 15) is 4.79 Å². The van der Waals surface area contributed by atoms with Crippen molar-refractivity contribution in [3.05, 3.63) is 47.0 Å². The number of carbonyl (C=O) groups is 1. The summed E-state index contributed by atoms with van der Waals surface area (Å²) < 4.78 is 11.8. The largest absolute Gasteiger partial charge is 0.494 e. The Morgan fingerprint density at radius 1 is 1.14 bits per heavy atom. The highest BCUT2D eigenvalue weighted by Gasteiger charge is 2.25. The molecule has 2 aromatic carbocycles. The van der Waals surface area contributed by atoms with Crippen molar-refractivity contribution in [2.75, 3.05) is 44.8 Å². The Balaban J connectivity index is 1.44. The van der Waals surface area contributed by atoms with Crippen LogP contribution in [0.1, 0.15) is 17.3 Å². The third-order valence-electron chi connectivity index (χ3n) is 4.92. The van der Waals surface area contributed by atoms with Gasteiger partial charge in [0.15, 0.2) is 5.13 Å². The molecule has 1 aliphatic rings. The number of carbonyl (C=O) groups excluding carboxylic acids is 1. The summed E-state index contributed by atoms with van der Waals surface area (Å²) in [4.78, 5) is 21.6. The first-order valence-electron chi connectivity index (χ1n) is 9.51. The molecule has 6 nitrogen and oxygen atoms in total. The van der Waals surface area contributed by atoms with Crippen LogP contribution in [0.5, 0.6) is 11.5 Å². The van der Waals surface area contributed by atoms with Crippen molar-refractivity contribution in [1.29, 1.82) is 0 Å². The van der Waals surface area contributed by atoms with Gasteiger partial charge in [-0.2, -0.15) is 0 Å². The van der Waals surface area contributed by atoms with E-state index in [-0.39, 0.29) is 5.91 Å². The van der Waals surface area contributed by atoms with Gasteiger partial charge in [-0.3, -0.25) is 4.79 Å². The zero-order chi connectivity index (χ0) is 20.4. The monoisotopic (exact) mass is 431 g/mol. The van der Waals surface area contributed by atoms with Gasteiger partial charge in [0.1, 0.15) is 17.0 Å². The molecule has 0 bridgehead atoms. The van der Waals surface area contributed by atoms with Crippen molar-refractivity contribution in [1.82, 2.24) is 9.88 Å². The van der Waals surface area contributed by atoms with Gasteiger partial charge in [0.05, 0.1) is 23.4 Å². The molecule has 1 aromatic heterocycles. The Labute approximate surface area is 178 Å². The van der Waals surface area contributed by atoms with Crippen LogP contribution in [0.4, 0.5) is 5.13 Å². The second-order valence-corrected chi connectivity index (χ2v) is 8.05. The lowest BCUT2D eigenvalue weighted by Gasteiger charge is -2.34. The molecule has 1 amide bonds. The highest BCUT2D eigenvalue weighted by atomic mass is 35.5. The number of hydrogen-bond donors (Lipinski definition) is 0. The Hall–Kier alpha value is -2.51. The predicted octanol–water partition coefficient (Wildman–Crippen LogP) is 4.32. The molecule has 4 rings (SSSR count). The number of ether oxygens (including phenoxy) is 2. The van der Waals surface area contributed by atoms with Gasteiger partial charge in [-0.15, -0.1) is 0 Å². The Morgan fingerprint density at radius 3 is 2.52 bits per heavy atom. The summed E-state index contributed by atoms with van der Waals surface area (Å²) >= 11 is 7.89. The molecule has 0 aliphatic carbocycles. The topological polar surface area (TPSA) is 54.9 Å². The average Bonchev–Trinajstić information content (AvgIpc) is 3.21. The van der Waals surface area contributed by atoms with Gasteiger partial charge in [-0.25, -0.2) is 4.98 Å². The molecule has 0 radical (unpaired) electrons. The van der Waals surface area contributed by atoms with Crippen molar-refractivity contribution in [2.45, 2.75) is 6.92 Å². The van der Waals surface area contributed by atoms with E-state index in [1.165, 1.54) is 0 Å². The lowest BCUT2D eigenvalue weighted by atomic mass is 10.1. The highest BCUT2D eigenvalue weighted by molar-refractivity contribution is 7.22. The number of anilines is 1. The average molecular weight is 432 g/mol. The molecule has 1 fully saturated rings. The number of aromatic nitrogens is 1. The quantitative estimate of drug-likeness (QED) is 0.602. The first kappa shape index (κ1) is 19.8. The Bertz CT molecular complexity index is 1010. The summed E-state index contributed by atoms with van der Waals surface area (Å²) in [6.45, 7) is 5.29. The molecule has 0 spiro atoms. The second kappa shape index (κ2) is 8.47. The van der Waals surface area contributed by atoms with Crippen LogP contribution in [0, 0.1) is 0 Å². The molecule has 1 aliphatic heterocycles. The molecule has 2 heterocycles. The number of hydrogen-bond acceptors (Lipinski definition) is 6.